The van der Waals surface area contributed by atoms with Crippen LogP contribution >= 0.6 is 11.3 Å². The van der Waals surface area contributed by atoms with Gasteiger partial charge < -0.3 is 5.11 Å². The summed E-state index contributed by atoms with van der Waals surface area (Å²) in [5, 5.41) is 10.9. The molecule has 112 valence electrons. The summed E-state index contributed by atoms with van der Waals surface area (Å²) in [5.41, 5.74) is 3.23. The Hall–Kier alpha value is -0.990. The Balaban J connectivity index is 1.93. The molecule has 0 unspecified atom stereocenters. The molecule has 1 aliphatic heterocycles. The highest BCUT2D eigenvalue weighted by molar-refractivity contribution is 7.12. The summed E-state index contributed by atoms with van der Waals surface area (Å²) in [6.07, 6.45) is 1.09. The zero-order valence-electron chi connectivity index (χ0n) is 11.5. The van der Waals surface area contributed by atoms with Gasteiger partial charge in [-0.1, -0.05) is 0 Å². The first-order valence-corrected chi connectivity index (χ1v) is 7.75. The highest BCUT2D eigenvalue weighted by Crippen LogP contribution is 2.19. The predicted octanol–water partition coefficient (Wildman–Crippen LogP) is -0.148. The van der Waals surface area contributed by atoms with Crippen molar-refractivity contribution in [2.24, 2.45) is 5.84 Å². The molecule has 2 heterocycles. The molecule has 1 fully saturated rings. The van der Waals surface area contributed by atoms with Crippen LogP contribution in [0.5, 0.6) is 0 Å². The number of carbonyl (C=O) groups excluding carboxylic acids is 1. The van der Waals surface area contributed by atoms with Crippen LogP contribution in [0.1, 0.15) is 21.7 Å². The fourth-order valence-electron chi connectivity index (χ4n) is 2.51. The maximum atomic E-state index is 11.7. The minimum Gasteiger partial charge on any atom is -0.395 e. The molecule has 0 aliphatic carbocycles. The molecule has 0 atom stereocenters. The van der Waals surface area contributed by atoms with Crippen LogP contribution in [-0.4, -0.2) is 60.1 Å². The third-order valence-corrected chi connectivity index (χ3v) is 4.53. The number of hydrogen-bond acceptors (Lipinski definition) is 6. The summed E-state index contributed by atoms with van der Waals surface area (Å²) in [6.45, 7) is 5.69. The van der Waals surface area contributed by atoms with Crippen LogP contribution in [0.25, 0.3) is 0 Å². The van der Waals surface area contributed by atoms with Crippen molar-refractivity contribution in [1.29, 1.82) is 0 Å². The van der Waals surface area contributed by atoms with Crippen molar-refractivity contribution in [2.45, 2.75) is 13.0 Å². The average Bonchev–Trinajstić information content (AvgIpc) is 2.80. The molecule has 20 heavy (non-hydrogen) atoms. The van der Waals surface area contributed by atoms with Gasteiger partial charge >= 0.3 is 0 Å². The SMILES string of the molecule is NNC(=O)c1sccc1CN1CCCN(CCO)CC1. The molecule has 0 aromatic carbocycles. The number of aliphatic hydroxyl groups excluding tert-OH is 1. The summed E-state index contributed by atoms with van der Waals surface area (Å²) in [6, 6.07) is 1.99. The van der Waals surface area contributed by atoms with Gasteiger partial charge in [-0.2, -0.15) is 0 Å². The topological polar surface area (TPSA) is 81.8 Å². The number of hydrazine groups is 1. The first kappa shape index (κ1) is 15.4. The van der Waals surface area contributed by atoms with Crippen LogP contribution in [0.2, 0.25) is 0 Å². The number of thiophene rings is 1. The zero-order valence-corrected chi connectivity index (χ0v) is 12.4. The van der Waals surface area contributed by atoms with E-state index in [0.29, 0.717) is 4.88 Å². The molecule has 1 saturated heterocycles. The van der Waals surface area contributed by atoms with Gasteiger partial charge in [-0.25, -0.2) is 5.84 Å². The van der Waals surface area contributed by atoms with Crippen molar-refractivity contribution in [3.05, 3.63) is 21.9 Å². The van der Waals surface area contributed by atoms with E-state index in [2.05, 4.69) is 15.2 Å². The zero-order chi connectivity index (χ0) is 14.4. The number of aliphatic hydroxyl groups is 1. The number of nitrogens with two attached hydrogens (primary N) is 1. The second-order valence-electron chi connectivity index (χ2n) is 4.94. The number of amides is 1. The van der Waals surface area contributed by atoms with Gasteiger partial charge in [0, 0.05) is 26.2 Å². The number of rotatable bonds is 5. The molecule has 1 amide bonds. The van der Waals surface area contributed by atoms with Crippen molar-refractivity contribution in [3.63, 3.8) is 0 Å². The van der Waals surface area contributed by atoms with Crippen LogP contribution in [0.3, 0.4) is 0 Å². The van der Waals surface area contributed by atoms with E-state index in [9.17, 15) is 4.79 Å². The second-order valence-corrected chi connectivity index (χ2v) is 5.86. The number of nitrogens with zero attached hydrogens (tertiary/aromatic N) is 2. The Morgan fingerprint density at radius 3 is 2.85 bits per heavy atom. The van der Waals surface area contributed by atoms with Gasteiger partial charge in [0.05, 0.1) is 11.5 Å². The van der Waals surface area contributed by atoms with Gasteiger partial charge in [-0.05, 0) is 36.5 Å². The molecule has 0 bridgehead atoms. The van der Waals surface area contributed by atoms with Crippen LogP contribution in [0.4, 0.5) is 0 Å². The lowest BCUT2D eigenvalue weighted by atomic mass is 10.2. The van der Waals surface area contributed by atoms with Crippen LogP contribution < -0.4 is 11.3 Å². The van der Waals surface area contributed by atoms with Gasteiger partial charge in [0.15, 0.2) is 0 Å². The third-order valence-electron chi connectivity index (χ3n) is 3.58. The lowest BCUT2D eigenvalue weighted by molar-refractivity contribution is 0.0956. The van der Waals surface area contributed by atoms with E-state index in [1.807, 2.05) is 11.4 Å². The molecule has 2 rings (SSSR count). The summed E-state index contributed by atoms with van der Waals surface area (Å²) >= 11 is 1.42. The van der Waals surface area contributed by atoms with Crippen molar-refractivity contribution in [3.8, 4) is 0 Å². The fraction of sp³-hybridized carbons (Fsp3) is 0.615. The van der Waals surface area contributed by atoms with Crippen molar-refractivity contribution in [1.82, 2.24) is 15.2 Å². The Labute approximate surface area is 123 Å². The second kappa shape index (κ2) is 7.70. The molecule has 1 aromatic rings. The monoisotopic (exact) mass is 298 g/mol. The normalized spacial score (nSPS) is 17.9. The first-order chi connectivity index (χ1) is 9.74. The molecule has 1 aromatic heterocycles. The summed E-state index contributed by atoms with van der Waals surface area (Å²) < 4.78 is 0. The predicted molar refractivity (Wildman–Crippen MR) is 79.4 cm³/mol. The number of hydrogen-bond donors (Lipinski definition) is 3. The van der Waals surface area contributed by atoms with Crippen molar-refractivity contribution >= 4 is 17.2 Å². The van der Waals surface area contributed by atoms with Gasteiger partial charge in [-0.15, -0.1) is 11.3 Å². The number of nitrogens with one attached hydrogen (secondary N) is 1. The molecule has 6 nitrogen and oxygen atoms in total. The number of β-amino-alcohol motifs (C(OH)–C–C–N with tert-alkyl or cyclic N) is 1. The molecule has 7 heteroatoms. The Bertz CT molecular complexity index is 438. The molecule has 1 aliphatic rings. The fourth-order valence-corrected chi connectivity index (χ4v) is 3.33. The Kier molecular flexibility index (Phi) is 5.93. The van der Waals surface area contributed by atoms with Crippen LogP contribution in [0, 0.1) is 0 Å². The molecular formula is C13H22N4O2S. The van der Waals surface area contributed by atoms with E-state index in [4.69, 9.17) is 10.9 Å². The summed E-state index contributed by atoms with van der Waals surface area (Å²) in [5.74, 6) is 4.99. The highest BCUT2D eigenvalue weighted by atomic mass is 32.1. The maximum absolute atomic E-state index is 11.7. The first-order valence-electron chi connectivity index (χ1n) is 6.87. The Morgan fingerprint density at radius 1 is 1.35 bits per heavy atom. The van der Waals surface area contributed by atoms with E-state index in [0.717, 1.165) is 51.3 Å². The smallest absolute Gasteiger partial charge is 0.275 e. The minimum absolute atomic E-state index is 0.214. The quantitative estimate of drug-likeness (QED) is 0.400. The van der Waals surface area contributed by atoms with E-state index < -0.39 is 0 Å². The Morgan fingerprint density at radius 2 is 2.10 bits per heavy atom. The minimum atomic E-state index is -0.216. The highest BCUT2D eigenvalue weighted by Gasteiger charge is 2.18. The van der Waals surface area contributed by atoms with Gasteiger partial charge in [0.2, 0.25) is 0 Å². The lowest BCUT2D eigenvalue weighted by Crippen LogP contribution is -2.33. The maximum Gasteiger partial charge on any atom is 0.275 e. The van der Waals surface area contributed by atoms with Crippen LogP contribution in [-0.2, 0) is 6.54 Å². The molecule has 4 N–H and O–H groups in total. The molecular weight excluding hydrogens is 276 g/mol. The van der Waals surface area contributed by atoms with Gasteiger partial charge in [0.25, 0.3) is 5.91 Å². The average molecular weight is 298 g/mol. The molecule has 0 radical (unpaired) electrons. The largest absolute Gasteiger partial charge is 0.395 e. The van der Waals surface area contributed by atoms with Gasteiger partial charge in [0.1, 0.15) is 0 Å². The van der Waals surface area contributed by atoms with Gasteiger partial charge in [-0.3, -0.25) is 20.0 Å². The summed E-state index contributed by atoms with van der Waals surface area (Å²) in [7, 11) is 0. The molecule has 0 spiro atoms. The third kappa shape index (κ3) is 4.00. The summed E-state index contributed by atoms with van der Waals surface area (Å²) in [4.78, 5) is 17.0. The van der Waals surface area contributed by atoms with E-state index in [1.54, 1.807) is 0 Å². The van der Waals surface area contributed by atoms with Crippen LogP contribution in [0.15, 0.2) is 11.4 Å². The molecule has 0 saturated carbocycles. The van der Waals surface area contributed by atoms with E-state index in [-0.39, 0.29) is 12.5 Å². The van der Waals surface area contributed by atoms with E-state index >= 15 is 0 Å². The lowest BCUT2D eigenvalue weighted by Gasteiger charge is -2.21. The number of nitrogen functional groups attached to an aromatic ring is 1. The standard InChI is InChI=1S/C13H22N4O2S/c14-15-13(19)12-11(2-9-20-12)10-17-4-1-3-16(5-6-17)7-8-18/h2,9,18H,1,3-8,10,14H2,(H,15,19). The van der Waals surface area contributed by atoms with E-state index in [1.165, 1.54) is 11.3 Å². The van der Waals surface area contributed by atoms with Crippen molar-refractivity contribution < 1.29 is 9.90 Å². The number of carbonyl (C=O) groups is 1. The van der Waals surface area contributed by atoms with Crippen molar-refractivity contribution in [2.75, 3.05) is 39.3 Å².